The first-order valence-electron chi connectivity index (χ1n) is 8.10. The zero-order chi connectivity index (χ0) is 15.6. The predicted molar refractivity (Wildman–Crippen MR) is 87.9 cm³/mol. The Morgan fingerprint density at radius 3 is 2.57 bits per heavy atom. The molecule has 1 heterocycles. The number of rotatable bonds is 7. The normalized spacial score (nSPS) is 17.9. The van der Waals surface area contributed by atoms with Crippen LogP contribution in [0.5, 0.6) is 5.75 Å². The third-order valence-electron chi connectivity index (χ3n) is 4.80. The first-order valence-corrected chi connectivity index (χ1v) is 8.10. The molecule has 21 heavy (non-hydrogen) atoms. The summed E-state index contributed by atoms with van der Waals surface area (Å²) in [5, 5.41) is 3.63. The number of hydrogen-bond donors (Lipinski definition) is 1. The summed E-state index contributed by atoms with van der Waals surface area (Å²) in [6, 6.07) is 0.532. The summed E-state index contributed by atoms with van der Waals surface area (Å²) in [6.07, 6.45) is 5.70. The topological polar surface area (TPSA) is 34.1 Å². The minimum Gasteiger partial charge on any atom is -0.496 e. The van der Waals surface area contributed by atoms with Crippen LogP contribution in [0.2, 0.25) is 0 Å². The van der Waals surface area contributed by atoms with E-state index >= 15 is 0 Å². The van der Waals surface area contributed by atoms with Gasteiger partial charge in [-0.1, -0.05) is 20.8 Å². The van der Waals surface area contributed by atoms with E-state index in [1.165, 1.54) is 24.1 Å². The number of hydrogen-bond acceptors (Lipinski definition) is 3. The summed E-state index contributed by atoms with van der Waals surface area (Å²) >= 11 is 0. The fourth-order valence-electron chi connectivity index (χ4n) is 3.20. The molecule has 1 unspecified atom stereocenters. The molecular formula is C18H30N2O. The van der Waals surface area contributed by atoms with Crippen molar-refractivity contribution in [3.05, 3.63) is 23.0 Å². The van der Waals surface area contributed by atoms with Gasteiger partial charge in [-0.2, -0.15) is 0 Å². The van der Waals surface area contributed by atoms with Crippen molar-refractivity contribution < 1.29 is 4.74 Å². The van der Waals surface area contributed by atoms with E-state index in [1.54, 1.807) is 7.11 Å². The van der Waals surface area contributed by atoms with Gasteiger partial charge in [0.1, 0.15) is 5.75 Å². The second-order valence-corrected chi connectivity index (χ2v) is 7.19. The number of aromatic nitrogens is 1. The molecule has 0 bridgehead atoms. The molecule has 118 valence electrons. The molecular weight excluding hydrogens is 260 g/mol. The van der Waals surface area contributed by atoms with Crippen LogP contribution in [-0.2, 0) is 6.42 Å². The number of nitrogens with zero attached hydrogens (tertiary/aromatic N) is 1. The first-order chi connectivity index (χ1) is 9.87. The molecule has 1 aliphatic rings. The van der Waals surface area contributed by atoms with Crippen molar-refractivity contribution in [3.8, 4) is 5.75 Å². The highest BCUT2D eigenvalue weighted by Gasteiger charge is 2.41. The van der Waals surface area contributed by atoms with Crippen LogP contribution in [0.4, 0.5) is 0 Å². The van der Waals surface area contributed by atoms with Crippen LogP contribution in [0.25, 0.3) is 0 Å². The molecule has 0 aromatic carbocycles. The van der Waals surface area contributed by atoms with E-state index in [0.717, 1.165) is 30.2 Å². The molecule has 1 fully saturated rings. The Morgan fingerprint density at radius 1 is 1.38 bits per heavy atom. The fraction of sp³-hybridized carbons (Fsp3) is 0.722. The molecule has 1 saturated carbocycles. The van der Waals surface area contributed by atoms with Gasteiger partial charge < -0.3 is 10.1 Å². The molecule has 1 atom stereocenters. The Kier molecular flexibility index (Phi) is 4.92. The summed E-state index contributed by atoms with van der Waals surface area (Å²) < 4.78 is 5.55. The lowest BCUT2D eigenvalue weighted by Gasteiger charge is -2.31. The van der Waals surface area contributed by atoms with E-state index in [0.29, 0.717) is 11.5 Å². The highest BCUT2D eigenvalue weighted by molar-refractivity contribution is 5.41. The van der Waals surface area contributed by atoms with E-state index in [9.17, 15) is 0 Å². The summed E-state index contributed by atoms with van der Waals surface area (Å²) in [7, 11) is 1.75. The lowest BCUT2D eigenvalue weighted by atomic mass is 9.79. The van der Waals surface area contributed by atoms with Gasteiger partial charge in [-0.3, -0.25) is 4.98 Å². The molecule has 2 rings (SSSR count). The largest absolute Gasteiger partial charge is 0.496 e. The van der Waals surface area contributed by atoms with Crippen molar-refractivity contribution in [2.75, 3.05) is 13.7 Å². The van der Waals surface area contributed by atoms with Crippen LogP contribution in [0.1, 0.15) is 50.4 Å². The second kappa shape index (κ2) is 6.35. The van der Waals surface area contributed by atoms with E-state index in [4.69, 9.17) is 9.72 Å². The van der Waals surface area contributed by atoms with Crippen molar-refractivity contribution in [1.82, 2.24) is 10.3 Å². The highest BCUT2D eigenvalue weighted by Crippen LogP contribution is 2.47. The molecule has 1 aromatic heterocycles. The van der Waals surface area contributed by atoms with E-state index < -0.39 is 0 Å². The quantitative estimate of drug-likeness (QED) is 0.832. The van der Waals surface area contributed by atoms with Gasteiger partial charge in [0.25, 0.3) is 0 Å². The van der Waals surface area contributed by atoms with Crippen LogP contribution < -0.4 is 10.1 Å². The van der Waals surface area contributed by atoms with E-state index in [2.05, 4.69) is 39.9 Å². The Labute approximate surface area is 129 Å². The zero-order valence-corrected chi connectivity index (χ0v) is 14.4. The lowest BCUT2D eigenvalue weighted by Crippen LogP contribution is -2.39. The van der Waals surface area contributed by atoms with Crippen LogP contribution in [-0.4, -0.2) is 24.7 Å². The minimum absolute atomic E-state index is 0.294. The summed E-state index contributed by atoms with van der Waals surface area (Å²) in [4.78, 5) is 4.70. The average Bonchev–Trinajstić information content (AvgIpc) is 3.25. The van der Waals surface area contributed by atoms with Gasteiger partial charge in [0, 0.05) is 35.6 Å². The predicted octanol–water partition coefficient (Wildman–Crippen LogP) is 3.66. The van der Waals surface area contributed by atoms with Crippen LogP contribution in [0, 0.1) is 25.2 Å². The van der Waals surface area contributed by atoms with Crippen LogP contribution in [0.15, 0.2) is 6.20 Å². The van der Waals surface area contributed by atoms with Crippen molar-refractivity contribution in [3.63, 3.8) is 0 Å². The smallest absolute Gasteiger partial charge is 0.128 e. The number of nitrogens with one attached hydrogen (secondary N) is 1. The van der Waals surface area contributed by atoms with Crippen molar-refractivity contribution in [2.24, 2.45) is 11.3 Å². The third-order valence-corrected chi connectivity index (χ3v) is 4.80. The lowest BCUT2D eigenvalue weighted by molar-refractivity contribution is 0.245. The van der Waals surface area contributed by atoms with Gasteiger partial charge >= 0.3 is 0 Å². The summed E-state index contributed by atoms with van der Waals surface area (Å²) in [5.41, 5.74) is 3.81. The number of aryl methyl sites for hydroxylation is 1. The van der Waals surface area contributed by atoms with Gasteiger partial charge in [0.2, 0.25) is 0 Å². The maximum atomic E-state index is 5.55. The summed E-state index contributed by atoms with van der Waals surface area (Å²) in [5.74, 6) is 1.83. The van der Waals surface area contributed by atoms with Gasteiger partial charge in [-0.15, -0.1) is 0 Å². The van der Waals surface area contributed by atoms with Gasteiger partial charge in [-0.05, 0) is 44.4 Å². The van der Waals surface area contributed by atoms with E-state index in [1.807, 2.05) is 6.20 Å². The molecule has 0 radical (unpaired) electrons. The molecule has 1 N–H and O–H groups in total. The number of ether oxygens (including phenoxy) is 1. The fourth-order valence-corrected chi connectivity index (χ4v) is 3.20. The zero-order valence-electron chi connectivity index (χ0n) is 14.4. The standard InChI is InChI=1S/C18H30N2O/c1-12(2)20-11-18(5,15-7-8-15)9-16-14(4)17(21-6)13(3)10-19-16/h10,12,15,20H,7-9,11H2,1-6H3. The summed E-state index contributed by atoms with van der Waals surface area (Å²) in [6.45, 7) is 12.1. The maximum absolute atomic E-state index is 5.55. The van der Waals surface area contributed by atoms with E-state index in [-0.39, 0.29) is 0 Å². The molecule has 0 saturated heterocycles. The van der Waals surface area contributed by atoms with Gasteiger partial charge in [0.15, 0.2) is 0 Å². The maximum Gasteiger partial charge on any atom is 0.128 e. The highest BCUT2D eigenvalue weighted by atomic mass is 16.5. The monoisotopic (exact) mass is 290 g/mol. The number of pyridine rings is 1. The van der Waals surface area contributed by atoms with Crippen LogP contribution >= 0.6 is 0 Å². The van der Waals surface area contributed by atoms with Crippen molar-refractivity contribution in [2.45, 2.75) is 59.9 Å². The molecule has 1 aliphatic carbocycles. The SMILES string of the molecule is COc1c(C)cnc(CC(C)(CNC(C)C)C2CC2)c1C. The molecule has 0 spiro atoms. The molecule has 1 aromatic rings. The van der Waals surface area contributed by atoms with Crippen molar-refractivity contribution >= 4 is 0 Å². The first kappa shape index (κ1) is 16.3. The van der Waals surface area contributed by atoms with Gasteiger partial charge in [-0.25, -0.2) is 0 Å². The third kappa shape index (κ3) is 3.76. The second-order valence-electron chi connectivity index (χ2n) is 7.19. The molecule has 0 aliphatic heterocycles. The molecule has 3 heteroatoms. The molecule has 3 nitrogen and oxygen atoms in total. The minimum atomic E-state index is 0.294. The Hall–Kier alpha value is -1.09. The Morgan fingerprint density at radius 2 is 2.05 bits per heavy atom. The Bertz CT molecular complexity index is 494. The van der Waals surface area contributed by atoms with Crippen LogP contribution in [0.3, 0.4) is 0 Å². The van der Waals surface area contributed by atoms with Gasteiger partial charge in [0.05, 0.1) is 7.11 Å². The van der Waals surface area contributed by atoms with Crippen molar-refractivity contribution in [1.29, 1.82) is 0 Å². The number of methoxy groups -OCH3 is 1. The average molecular weight is 290 g/mol. The molecule has 0 amide bonds. The Balaban J connectivity index is 2.21.